The van der Waals surface area contributed by atoms with Crippen LogP contribution < -0.4 is 5.32 Å². The number of furan rings is 1. The molecule has 1 N–H and O–H groups in total. The molecular weight excluding hydrogens is 304 g/mol. The molecule has 1 aliphatic rings. The number of hydrogen-bond donors (Lipinski definition) is 1. The number of nitrogens with zero attached hydrogens (tertiary/aromatic N) is 1. The third-order valence-corrected chi connectivity index (χ3v) is 4.40. The molecule has 0 atom stereocenters. The Hall–Kier alpha value is -2.56. The van der Waals surface area contributed by atoms with E-state index in [9.17, 15) is 9.59 Å². The van der Waals surface area contributed by atoms with E-state index in [-0.39, 0.29) is 17.9 Å². The lowest BCUT2D eigenvalue weighted by Crippen LogP contribution is -2.46. The molecule has 0 unspecified atom stereocenters. The van der Waals surface area contributed by atoms with Crippen LogP contribution >= 0.6 is 0 Å². The molecule has 2 amide bonds. The van der Waals surface area contributed by atoms with Crippen molar-refractivity contribution in [2.24, 2.45) is 0 Å². The normalized spacial score (nSPS) is 15.3. The number of carbonyl (C=O) groups is 2. The quantitative estimate of drug-likeness (QED) is 0.939. The van der Waals surface area contributed by atoms with Gasteiger partial charge in [0, 0.05) is 19.1 Å². The van der Waals surface area contributed by atoms with E-state index in [1.165, 1.54) is 11.8 Å². The zero-order valence-corrected chi connectivity index (χ0v) is 13.8. The molecule has 0 radical (unpaired) electrons. The van der Waals surface area contributed by atoms with Gasteiger partial charge in [0.05, 0.1) is 12.7 Å². The molecule has 1 fully saturated rings. The molecule has 5 nitrogen and oxygen atoms in total. The van der Waals surface area contributed by atoms with Crippen molar-refractivity contribution in [1.82, 2.24) is 10.2 Å². The number of rotatable bonds is 4. The van der Waals surface area contributed by atoms with Crippen molar-refractivity contribution < 1.29 is 14.0 Å². The maximum atomic E-state index is 12.4. The number of aryl methyl sites for hydroxylation is 1. The molecular formula is C19H22N2O3. The van der Waals surface area contributed by atoms with Gasteiger partial charge in [0.15, 0.2) is 5.76 Å². The van der Waals surface area contributed by atoms with Crippen LogP contribution in [0.3, 0.4) is 0 Å². The van der Waals surface area contributed by atoms with Gasteiger partial charge in [-0.15, -0.1) is 0 Å². The molecule has 0 bridgehead atoms. The Balaban J connectivity index is 1.47. The van der Waals surface area contributed by atoms with Crippen LogP contribution in [0.15, 0.2) is 47.1 Å². The highest BCUT2D eigenvalue weighted by molar-refractivity contribution is 5.91. The zero-order valence-electron chi connectivity index (χ0n) is 13.8. The number of carbonyl (C=O) groups excluding carboxylic acids is 2. The molecule has 1 saturated heterocycles. The highest BCUT2D eigenvalue weighted by atomic mass is 16.3. The number of amides is 2. The Kier molecular flexibility index (Phi) is 4.99. The lowest BCUT2D eigenvalue weighted by molar-refractivity contribution is -0.131. The molecule has 2 heterocycles. The van der Waals surface area contributed by atoms with Gasteiger partial charge in [0.2, 0.25) is 5.91 Å². The molecule has 1 aromatic carbocycles. The van der Waals surface area contributed by atoms with E-state index in [4.69, 9.17) is 4.42 Å². The summed E-state index contributed by atoms with van der Waals surface area (Å²) in [6.07, 6.45) is 3.46. The third-order valence-electron chi connectivity index (χ3n) is 4.40. The summed E-state index contributed by atoms with van der Waals surface area (Å²) in [5.74, 6) is 0.284. The SMILES string of the molecule is Cc1ccc(CC(=O)N2CCC(NC(=O)c3ccco3)CC2)cc1. The van der Waals surface area contributed by atoms with Crippen molar-refractivity contribution in [3.63, 3.8) is 0 Å². The maximum absolute atomic E-state index is 12.4. The lowest BCUT2D eigenvalue weighted by Gasteiger charge is -2.32. The summed E-state index contributed by atoms with van der Waals surface area (Å²) in [7, 11) is 0. The summed E-state index contributed by atoms with van der Waals surface area (Å²) < 4.78 is 5.09. The molecule has 1 aromatic heterocycles. The van der Waals surface area contributed by atoms with Crippen LogP contribution in [0.5, 0.6) is 0 Å². The average Bonchev–Trinajstić information content (AvgIpc) is 3.12. The van der Waals surface area contributed by atoms with Crippen LogP contribution in [0.1, 0.15) is 34.5 Å². The summed E-state index contributed by atoms with van der Waals surface area (Å²) >= 11 is 0. The van der Waals surface area contributed by atoms with Crippen molar-refractivity contribution in [3.05, 3.63) is 59.5 Å². The van der Waals surface area contributed by atoms with Crippen molar-refractivity contribution >= 4 is 11.8 Å². The Morgan fingerprint density at radius 3 is 2.50 bits per heavy atom. The minimum Gasteiger partial charge on any atom is -0.459 e. The van der Waals surface area contributed by atoms with E-state index in [0.29, 0.717) is 25.3 Å². The standard InChI is InChI=1S/C19H22N2O3/c1-14-4-6-15(7-5-14)13-18(22)21-10-8-16(9-11-21)20-19(23)17-3-2-12-24-17/h2-7,12,16H,8-11,13H2,1H3,(H,20,23). The molecule has 0 saturated carbocycles. The fraction of sp³-hybridized carbons (Fsp3) is 0.368. The summed E-state index contributed by atoms with van der Waals surface area (Å²) in [6.45, 7) is 3.38. The minimum absolute atomic E-state index is 0.0889. The van der Waals surface area contributed by atoms with Crippen LogP contribution in [-0.4, -0.2) is 35.8 Å². The molecule has 0 spiro atoms. The molecule has 0 aliphatic carbocycles. The Morgan fingerprint density at radius 2 is 1.88 bits per heavy atom. The van der Waals surface area contributed by atoms with Crippen molar-refractivity contribution in [2.75, 3.05) is 13.1 Å². The van der Waals surface area contributed by atoms with E-state index < -0.39 is 0 Å². The zero-order chi connectivity index (χ0) is 16.9. The summed E-state index contributed by atoms with van der Waals surface area (Å²) in [5, 5.41) is 2.97. The number of likely N-dealkylation sites (tertiary alicyclic amines) is 1. The Morgan fingerprint density at radius 1 is 1.17 bits per heavy atom. The van der Waals surface area contributed by atoms with E-state index >= 15 is 0 Å². The second-order valence-electron chi connectivity index (χ2n) is 6.27. The summed E-state index contributed by atoms with van der Waals surface area (Å²) in [6, 6.07) is 11.5. The smallest absolute Gasteiger partial charge is 0.287 e. The highest BCUT2D eigenvalue weighted by Crippen LogP contribution is 2.14. The van der Waals surface area contributed by atoms with Gasteiger partial charge in [-0.05, 0) is 37.5 Å². The van der Waals surface area contributed by atoms with Gasteiger partial charge in [0.25, 0.3) is 5.91 Å². The van der Waals surface area contributed by atoms with Gasteiger partial charge >= 0.3 is 0 Å². The second kappa shape index (κ2) is 7.34. The predicted octanol–water partition coefficient (Wildman–Crippen LogP) is 2.55. The first-order chi connectivity index (χ1) is 11.6. The minimum atomic E-state index is -0.190. The molecule has 24 heavy (non-hydrogen) atoms. The molecule has 5 heteroatoms. The lowest BCUT2D eigenvalue weighted by atomic mass is 10.0. The van der Waals surface area contributed by atoms with Crippen molar-refractivity contribution in [3.8, 4) is 0 Å². The number of nitrogens with one attached hydrogen (secondary N) is 1. The number of hydrogen-bond acceptors (Lipinski definition) is 3. The average molecular weight is 326 g/mol. The first-order valence-electron chi connectivity index (χ1n) is 8.29. The van der Waals surface area contributed by atoms with Gasteiger partial charge < -0.3 is 14.6 Å². The number of piperidine rings is 1. The van der Waals surface area contributed by atoms with Gasteiger partial charge in [-0.1, -0.05) is 29.8 Å². The Labute approximate surface area is 141 Å². The van der Waals surface area contributed by atoms with Gasteiger partial charge in [-0.25, -0.2) is 0 Å². The third kappa shape index (κ3) is 4.04. The summed E-state index contributed by atoms with van der Waals surface area (Å²) in [5.41, 5.74) is 2.23. The topological polar surface area (TPSA) is 62.6 Å². The highest BCUT2D eigenvalue weighted by Gasteiger charge is 2.24. The van der Waals surface area contributed by atoms with Crippen LogP contribution in [0.4, 0.5) is 0 Å². The van der Waals surface area contributed by atoms with Crippen LogP contribution in [0.25, 0.3) is 0 Å². The van der Waals surface area contributed by atoms with Gasteiger partial charge in [-0.3, -0.25) is 9.59 Å². The Bertz CT molecular complexity index is 684. The molecule has 126 valence electrons. The van der Waals surface area contributed by atoms with Gasteiger partial charge in [-0.2, -0.15) is 0 Å². The van der Waals surface area contributed by atoms with E-state index in [0.717, 1.165) is 18.4 Å². The van der Waals surface area contributed by atoms with Crippen LogP contribution in [0.2, 0.25) is 0 Å². The molecule has 2 aromatic rings. The van der Waals surface area contributed by atoms with Gasteiger partial charge in [0.1, 0.15) is 0 Å². The summed E-state index contributed by atoms with van der Waals surface area (Å²) in [4.78, 5) is 26.2. The van der Waals surface area contributed by atoms with E-state index in [1.807, 2.05) is 36.1 Å². The fourth-order valence-electron chi connectivity index (χ4n) is 2.93. The second-order valence-corrected chi connectivity index (χ2v) is 6.27. The molecule has 1 aliphatic heterocycles. The fourth-order valence-corrected chi connectivity index (χ4v) is 2.93. The predicted molar refractivity (Wildman–Crippen MR) is 90.7 cm³/mol. The monoisotopic (exact) mass is 326 g/mol. The van der Waals surface area contributed by atoms with Crippen molar-refractivity contribution in [2.45, 2.75) is 32.2 Å². The van der Waals surface area contributed by atoms with E-state index in [1.54, 1.807) is 12.1 Å². The van der Waals surface area contributed by atoms with E-state index in [2.05, 4.69) is 5.32 Å². The van der Waals surface area contributed by atoms with Crippen molar-refractivity contribution in [1.29, 1.82) is 0 Å². The first kappa shape index (κ1) is 16.3. The molecule has 3 rings (SSSR count). The first-order valence-corrected chi connectivity index (χ1v) is 8.29. The number of benzene rings is 1. The largest absolute Gasteiger partial charge is 0.459 e. The van der Waals surface area contributed by atoms with Crippen LogP contribution in [-0.2, 0) is 11.2 Å². The van der Waals surface area contributed by atoms with Crippen LogP contribution in [0, 0.1) is 6.92 Å². The maximum Gasteiger partial charge on any atom is 0.287 e.